The Morgan fingerprint density at radius 3 is 2.63 bits per heavy atom. The zero-order chi connectivity index (χ0) is 20.1. The van der Waals surface area contributed by atoms with Crippen LogP contribution in [0, 0.1) is 0 Å². The van der Waals surface area contributed by atoms with Crippen molar-refractivity contribution >= 4 is 11.8 Å². The summed E-state index contributed by atoms with van der Waals surface area (Å²) < 4.78 is 6.98. The van der Waals surface area contributed by atoms with Gasteiger partial charge in [0.1, 0.15) is 36.2 Å². The molecule has 1 saturated heterocycles. The van der Waals surface area contributed by atoms with Gasteiger partial charge in [-0.2, -0.15) is 0 Å². The van der Waals surface area contributed by atoms with Gasteiger partial charge < -0.3 is 41.5 Å². The summed E-state index contributed by atoms with van der Waals surface area (Å²) in [4.78, 5) is 20.0. The number of aliphatic hydroxyl groups is 3. The molecule has 3 heterocycles. The molecule has 27 heavy (non-hydrogen) atoms. The third-order valence-corrected chi connectivity index (χ3v) is 4.24. The van der Waals surface area contributed by atoms with Gasteiger partial charge in [-0.05, 0) is 13.0 Å². The summed E-state index contributed by atoms with van der Waals surface area (Å²) in [5.74, 6) is -0.286. The van der Waals surface area contributed by atoms with Crippen molar-refractivity contribution in [2.45, 2.75) is 37.4 Å². The maximum Gasteiger partial charge on any atom is 0.303 e. The minimum absolute atomic E-state index is 0.191. The number of imidazole rings is 1. The molecule has 12 heteroatoms. The fourth-order valence-corrected chi connectivity index (χ4v) is 2.67. The van der Waals surface area contributed by atoms with E-state index in [1.807, 2.05) is 0 Å². The number of carboxylic acid groups (broad SMARTS) is 1. The highest BCUT2D eigenvalue weighted by Gasteiger charge is 2.43. The molecule has 0 saturated carbocycles. The van der Waals surface area contributed by atoms with Gasteiger partial charge in [0.15, 0.2) is 11.7 Å². The zero-order valence-corrected chi connectivity index (χ0v) is 15.0. The maximum atomic E-state index is 10.0. The molecule has 8 N–H and O–H groups in total. The average Bonchev–Trinajstić information content (AvgIpc) is 3.19. The number of rotatable bonds is 5. The first kappa shape index (κ1) is 21.1. The van der Waals surface area contributed by atoms with Gasteiger partial charge in [-0.15, -0.1) is 0 Å². The number of aliphatic hydroxyl groups excluding tert-OH is 3. The van der Waals surface area contributed by atoms with E-state index in [0.29, 0.717) is 36.3 Å². The third kappa shape index (κ3) is 4.54. The second-order valence-electron chi connectivity index (χ2n) is 6.22. The molecular formula is C15H26N6O6. The van der Waals surface area contributed by atoms with Crippen molar-refractivity contribution in [3.8, 4) is 0 Å². The fourth-order valence-electron chi connectivity index (χ4n) is 2.67. The fraction of sp³-hybridized carbons (Fsp3) is 0.667. The lowest BCUT2D eigenvalue weighted by Gasteiger charge is -2.20. The minimum Gasteiger partial charge on any atom is -0.481 e. The van der Waals surface area contributed by atoms with E-state index in [1.54, 1.807) is 11.9 Å². The first-order valence-corrected chi connectivity index (χ1v) is 8.44. The molecule has 12 nitrogen and oxygen atoms in total. The maximum absolute atomic E-state index is 10.0. The molecular weight excluding hydrogens is 360 g/mol. The molecule has 0 amide bonds. The molecule has 1 aromatic rings. The number of aromatic nitrogens is 2. The smallest absolute Gasteiger partial charge is 0.303 e. The molecule has 2 aliphatic heterocycles. The Hall–Kier alpha value is -2.25. The number of fused-ring (bicyclic) bond motifs is 1. The quantitative estimate of drug-likeness (QED) is 0.289. The standard InChI is InChI=1S/C11H17N5O4.C4H9NO2/c1-15-3-14-10-6(9(15)12)13-4-16(10)11-8(19)7(18)5(2-17)20-11;5-3-1-2-4(6)7/h4-5,7-8,11,17-19H,2-3,12H2,1H3;1-3,5H2,(H,6,7)/t5-,7-,8-,11-;/m1./s1. The monoisotopic (exact) mass is 386 g/mol. The molecule has 0 aliphatic carbocycles. The molecule has 4 atom stereocenters. The first-order valence-electron chi connectivity index (χ1n) is 8.44. The topological polar surface area (TPSA) is 193 Å². The highest BCUT2D eigenvalue weighted by atomic mass is 16.6. The van der Waals surface area contributed by atoms with Crippen LogP contribution < -0.4 is 22.3 Å². The molecule has 0 radical (unpaired) electrons. The lowest BCUT2D eigenvalue weighted by Crippen LogP contribution is -2.46. The van der Waals surface area contributed by atoms with Gasteiger partial charge in [0.2, 0.25) is 0 Å². The van der Waals surface area contributed by atoms with E-state index in [1.165, 1.54) is 10.9 Å². The van der Waals surface area contributed by atoms with Crippen LogP contribution >= 0.6 is 0 Å². The van der Waals surface area contributed by atoms with Gasteiger partial charge in [-0.1, -0.05) is 0 Å². The Labute approximate surface area is 155 Å². The number of aliphatic carboxylic acids is 1. The van der Waals surface area contributed by atoms with E-state index in [2.05, 4.69) is 9.98 Å². The molecule has 2 aliphatic rings. The van der Waals surface area contributed by atoms with E-state index in [4.69, 9.17) is 26.4 Å². The van der Waals surface area contributed by atoms with Crippen LogP contribution in [0.3, 0.4) is 0 Å². The zero-order valence-electron chi connectivity index (χ0n) is 15.0. The van der Waals surface area contributed by atoms with E-state index >= 15 is 0 Å². The minimum atomic E-state index is -1.17. The van der Waals surface area contributed by atoms with E-state index in [0.717, 1.165) is 0 Å². The van der Waals surface area contributed by atoms with Crippen LogP contribution in [0.4, 0.5) is 0 Å². The van der Waals surface area contributed by atoms with Gasteiger partial charge in [-0.3, -0.25) is 9.36 Å². The van der Waals surface area contributed by atoms with Crippen molar-refractivity contribution in [1.29, 1.82) is 0 Å². The Kier molecular flexibility index (Phi) is 7.10. The van der Waals surface area contributed by atoms with E-state index in [9.17, 15) is 15.0 Å². The molecule has 0 aromatic carbocycles. The molecule has 0 bridgehead atoms. The van der Waals surface area contributed by atoms with E-state index in [-0.39, 0.29) is 13.0 Å². The van der Waals surface area contributed by atoms with Gasteiger partial charge in [0.05, 0.1) is 12.9 Å². The molecule has 0 unspecified atom stereocenters. The largest absolute Gasteiger partial charge is 0.481 e. The van der Waals surface area contributed by atoms with Crippen LogP contribution in [0.1, 0.15) is 19.1 Å². The summed E-state index contributed by atoms with van der Waals surface area (Å²) in [7, 11) is 1.80. The van der Waals surface area contributed by atoms with Gasteiger partial charge in [0, 0.05) is 13.5 Å². The van der Waals surface area contributed by atoms with Crippen molar-refractivity contribution in [1.82, 2.24) is 14.5 Å². The SMILES string of the molecule is CN1CN=c2c(ncn2[C@@H]2O[C@H](CO)[C@@H](O)[C@H]2O)=C1N.NCCCC(=O)O. The summed E-state index contributed by atoms with van der Waals surface area (Å²) in [5.41, 5.74) is 11.4. The number of hydrogen-bond donors (Lipinski definition) is 6. The Morgan fingerprint density at radius 1 is 1.41 bits per heavy atom. The Balaban J connectivity index is 0.000000321. The van der Waals surface area contributed by atoms with Crippen LogP contribution in [0.25, 0.3) is 5.82 Å². The Bertz CT molecular complexity index is 767. The summed E-state index contributed by atoms with van der Waals surface area (Å²) >= 11 is 0. The van der Waals surface area contributed by atoms with Crippen LogP contribution in [-0.2, 0) is 9.53 Å². The molecule has 3 rings (SSSR count). The highest BCUT2D eigenvalue weighted by molar-refractivity contribution is 5.66. The molecule has 0 spiro atoms. The summed E-state index contributed by atoms with van der Waals surface area (Å²) in [6.45, 7) is 0.464. The van der Waals surface area contributed by atoms with Crippen LogP contribution in [0.15, 0.2) is 11.3 Å². The van der Waals surface area contributed by atoms with Crippen molar-refractivity contribution in [2.75, 3.05) is 26.9 Å². The number of carbonyl (C=O) groups is 1. The molecule has 1 fully saturated rings. The summed E-state index contributed by atoms with van der Waals surface area (Å²) in [6, 6.07) is 0. The van der Waals surface area contributed by atoms with Crippen molar-refractivity contribution < 1.29 is 30.0 Å². The second kappa shape index (κ2) is 9.10. The third-order valence-electron chi connectivity index (χ3n) is 4.24. The van der Waals surface area contributed by atoms with Gasteiger partial charge >= 0.3 is 5.97 Å². The normalized spacial score (nSPS) is 26.9. The number of nitrogens with two attached hydrogens (primary N) is 2. The number of nitrogens with zero attached hydrogens (tertiary/aromatic N) is 4. The van der Waals surface area contributed by atoms with Crippen molar-refractivity contribution in [2.24, 2.45) is 16.5 Å². The highest BCUT2D eigenvalue weighted by Crippen LogP contribution is 2.27. The number of carboxylic acids is 1. The predicted octanol–water partition coefficient (Wildman–Crippen LogP) is -4.15. The summed E-state index contributed by atoms with van der Waals surface area (Å²) in [5, 5.41) is 37.4. The molecule has 152 valence electrons. The second-order valence-corrected chi connectivity index (χ2v) is 6.22. The summed E-state index contributed by atoms with van der Waals surface area (Å²) in [6.07, 6.45) is -1.77. The Morgan fingerprint density at radius 2 is 2.11 bits per heavy atom. The lowest BCUT2D eigenvalue weighted by atomic mass is 10.1. The molecule has 1 aromatic heterocycles. The predicted molar refractivity (Wildman–Crippen MR) is 92.2 cm³/mol. The van der Waals surface area contributed by atoms with Crippen LogP contribution in [0.2, 0.25) is 0 Å². The van der Waals surface area contributed by atoms with Crippen molar-refractivity contribution in [3.05, 3.63) is 17.2 Å². The lowest BCUT2D eigenvalue weighted by molar-refractivity contribution is -0.137. The van der Waals surface area contributed by atoms with Crippen LogP contribution in [0.5, 0.6) is 0 Å². The number of hydrogen-bond acceptors (Lipinski definition) is 10. The number of ether oxygens (including phenoxy) is 1. The van der Waals surface area contributed by atoms with Gasteiger partial charge in [0.25, 0.3) is 0 Å². The van der Waals surface area contributed by atoms with Gasteiger partial charge in [-0.25, -0.2) is 9.98 Å². The average molecular weight is 386 g/mol. The van der Waals surface area contributed by atoms with E-state index < -0.39 is 30.5 Å². The van der Waals surface area contributed by atoms with Crippen LogP contribution in [-0.4, -0.2) is 86.0 Å². The first-order chi connectivity index (χ1) is 12.8. The van der Waals surface area contributed by atoms with Crippen molar-refractivity contribution in [3.63, 3.8) is 0 Å².